The summed E-state index contributed by atoms with van der Waals surface area (Å²) in [5.41, 5.74) is 4.87. The monoisotopic (exact) mass is 475 g/mol. The number of aromatic nitrogens is 3. The predicted molar refractivity (Wildman–Crippen MR) is 123 cm³/mol. The van der Waals surface area contributed by atoms with Gasteiger partial charge < -0.3 is 26.0 Å². The summed E-state index contributed by atoms with van der Waals surface area (Å²) in [6, 6.07) is 1.58. The normalized spacial score (nSPS) is 17.0. The number of halogens is 1. The van der Waals surface area contributed by atoms with Crippen LogP contribution in [0.1, 0.15) is 49.7 Å². The highest BCUT2D eigenvalue weighted by Crippen LogP contribution is 2.35. The third-order valence-electron chi connectivity index (χ3n) is 5.69. The molecular formula is C21H26ClN7O4. The number of nitrogens with zero attached hydrogens (tertiary/aromatic N) is 4. The van der Waals surface area contributed by atoms with Crippen LogP contribution in [0.25, 0.3) is 0 Å². The maximum atomic E-state index is 13.5. The average Bonchev–Trinajstić information content (AvgIpc) is 3.00. The molecule has 2 amide bonds. The van der Waals surface area contributed by atoms with E-state index in [1.54, 1.807) is 38.7 Å². The number of rotatable bonds is 2. The van der Waals surface area contributed by atoms with Gasteiger partial charge >= 0.3 is 6.09 Å². The number of likely N-dealkylation sites (tertiary alicyclic amines) is 1. The first-order valence-electron chi connectivity index (χ1n) is 10.5. The Bertz CT molecular complexity index is 1200. The molecule has 0 bridgehead atoms. The van der Waals surface area contributed by atoms with Gasteiger partial charge in [0, 0.05) is 25.9 Å². The van der Waals surface area contributed by atoms with Crippen LogP contribution in [0.2, 0.25) is 5.02 Å². The van der Waals surface area contributed by atoms with Crippen molar-refractivity contribution in [3.05, 3.63) is 39.0 Å². The summed E-state index contributed by atoms with van der Waals surface area (Å²) < 4.78 is 6.94. The Labute approximate surface area is 195 Å². The van der Waals surface area contributed by atoms with Crippen molar-refractivity contribution in [2.75, 3.05) is 24.1 Å². The zero-order chi connectivity index (χ0) is 24.1. The van der Waals surface area contributed by atoms with E-state index in [1.165, 1.54) is 10.9 Å². The number of fused-ring (bicyclic) bond motifs is 2. The predicted octanol–water partition coefficient (Wildman–Crippen LogP) is 2.35. The zero-order valence-corrected chi connectivity index (χ0v) is 19.6. The lowest BCUT2D eigenvalue weighted by Gasteiger charge is -2.40. The van der Waals surface area contributed by atoms with E-state index in [9.17, 15) is 14.4 Å². The fourth-order valence-electron chi connectivity index (χ4n) is 4.18. The molecule has 1 spiro atoms. The number of nitrogens with two attached hydrogens (primary N) is 1. The van der Waals surface area contributed by atoms with Gasteiger partial charge in [-0.25, -0.2) is 14.8 Å². The fraction of sp³-hybridized carbons (Fsp3) is 0.476. The molecular weight excluding hydrogens is 450 g/mol. The van der Waals surface area contributed by atoms with E-state index < -0.39 is 22.9 Å². The van der Waals surface area contributed by atoms with Crippen LogP contribution < -0.4 is 21.9 Å². The summed E-state index contributed by atoms with van der Waals surface area (Å²) in [7, 11) is 0. The molecule has 0 atom stereocenters. The fourth-order valence-corrected chi connectivity index (χ4v) is 4.33. The van der Waals surface area contributed by atoms with Crippen LogP contribution in [0, 0.1) is 6.92 Å². The van der Waals surface area contributed by atoms with Crippen LogP contribution in [0.15, 0.2) is 17.2 Å². The number of hydrogen-bond donors (Lipinski definition) is 3. The van der Waals surface area contributed by atoms with Gasteiger partial charge in [-0.2, -0.15) is 0 Å². The quantitative estimate of drug-likeness (QED) is 0.600. The lowest BCUT2D eigenvalue weighted by molar-refractivity contribution is 0.00953. The number of hydrogen-bond acceptors (Lipinski definition) is 8. The van der Waals surface area contributed by atoms with Gasteiger partial charge in [-0.3, -0.25) is 14.2 Å². The van der Waals surface area contributed by atoms with Crippen molar-refractivity contribution < 1.29 is 14.3 Å². The molecule has 4 rings (SSSR count). The number of anilines is 3. The van der Waals surface area contributed by atoms with Crippen LogP contribution in [-0.2, 0) is 10.4 Å². The molecule has 0 saturated carbocycles. The molecule has 2 aliphatic heterocycles. The van der Waals surface area contributed by atoms with Crippen molar-refractivity contribution in [1.82, 2.24) is 24.8 Å². The van der Waals surface area contributed by atoms with Crippen LogP contribution in [0.5, 0.6) is 0 Å². The lowest BCUT2D eigenvalue weighted by Crippen LogP contribution is -2.56. The number of pyridine rings is 1. The molecule has 0 unspecified atom stereocenters. The second kappa shape index (κ2) is 7.91. The molecule has 4 N–H and O–H groups in total. The molecule has 33 heavy (non-hydrogen) atoms. The van der Waals surface area contributed by atoms with E-state index >= 15 is 0 Å². The standard InChI is InChI=1S/C21H26ClN7O4/c1-11-9-12(26-16-13(22)15(23)24-10-25-16)18(31)29-14(11)17(30)27-21(29)5-7-28(8-6-21)19(32)33-20(2,3)4/h9-10H,5-8H2,1-4H3,(H,27,30)(H3,23,24,25,26). The first-order valence-corrected chi connectivity index (χ1v) is 10.9. The van der Waals surface area contributed by atoms with Gasteiger partial charge in [-0.05, 0) is 39.3 Å². The number of carbonyl (C=O) groups is 2. The minimum absolute atomic E-state index is 0.0787. The summed E-state index contributed by atoms with van der Waals surface area (Å²) in [4.78, 5) is 48.3. The maximum absolute atomic E-state index is 13.5. The van der Waals surface area contributed by atoms with Gasteiger partial charge in [0.25, 0.3) is 11.5 Å². The van der Waals surface area contributed by atoms with Gasteiger partial charge in [0.1, 0.15) is 39.8 Å². The number of piperidine rings is 1. The summed E-state index contributed by atoms with van der Waals surface area (Å²) >= 11 is 6.17. The average molecular weight is 476 g/mol. The lowest BCUT2D eigenvalue weighted by atomic mass is 9.97. The molecule has 2 aliphatic rings. The third kappa shape index (κ3) is 4.08. The number of carbonyl (C=O) groups excluding carboxylic acids is 2. The second-order valence-electron chi connectivity index (χ2n) is 9.23. The van der Waals surface area contributed by atoms with Crippen LogP contribution >= 0.6 is 11.6 Å². The molecule has 2 aromatic rings. The SMILES string of the molecule is Cc1cc(Nc2ncnc(N)c2Cl)c(=O)n2c1C(=O)NC21CCN(C(=O)OC(C)(C)C)CC1. The van der Waals surface area contributed by atoms with Crippen LogP contribution in [0.4, 0.5) is 22.1 Å². The molecule has 1 fully saturated rings. The van der Waals surface area contributed by atoms with Gasteiger partial charge in [-0.1, -0.05) is 11.6 Å². The van der Waals surface area contributed by atoms with Gasteiger partial charge in [0.05, 0.1) is 0 Å². The van der Waals surface area contributed by atoms with E-state index in [0.717, 1.165) is 0 Å². The molecule has 0 aromatic carbocycles. The molecule has 1 saturated heterocycles. The summed E-state index contributed by atoms with van der Waals surface area (Å²) in [5.74, 6) is -0.0616. The summed E-state index contributed by atoms with van der Waals surface area (Å²) in [6.45, 7) is 7.81. The maximum Gasteiger partial charge on any atom is 0.410 e. The highest BCUT2D eigenvalue weighted by atomic mass is 35.5. The Hall–Kier alpha value is -3.34. The van der Waals surface area contributed by atoms with E-state index in [2.05, 4.69) is 20.6 Å². The second-order valence-corrected chi connectivity index (χ2v) is 9.61. The van der Waals surface area contributed by atoms with Gasteiger partial charge in [0.2, 0.25) is 0 Å². The van der Waals surface area contributed by atoms with E-state index in [1.807, 2.05) is 0 Å². The first kappa shape index (κ1) is 22.8. The van der Waals surface area contributed by atoms with Crippen molar-refractivity contribution in [3.63, 3.8) is 0 Å². The number of nitrogens with one attached hydrogen (secondary N) is 2. The van der Waals surface area contributed by atoms with Crippen molar-refractivity contribution in [2.45, 2.75) is 51.8 Å². The highest BCUT2D eigenvalue weighted by molar-refractivity contribution is 6.35. The molecule has 0 aliphatic carbocycles. The number of aryl methyl sites for hydroxylation is 1. The number of ether oxygens (including phenoxy) is 1. The molecule has 2 aromatic heterocycles. The summed E-state index contributed by atoms with van der Waals surface area (Å²) in [5, 5.41) is 6.00. The Balaban J connectivity index is 1.67. The molecule has 11 nitrogen and oxygen atoms in total. The Morgan fingerprint density at radius 2 is 1.94 bits per heavy atom. The molecule has 4 heterocycles. The Kier molecular flexibility index (Phi) is 5.47. The molecule has 0 radical (unpaired) electrons. The minimum atomic E-state index is -0.945. The highest BCUT2D eigenvalue weighted by Gasteiger charge is 2.47. The third-order valence-corrected chi connectivity index (χ3v) is 6.07. The first-order chi connectivity index (χ1) is 15.4. The van der Waals surface area contributed by atoms with E-state index in [-0.39, 0.29) is 28.3 Å². The molecule has 12 heteroatoms. The summed E-state index contributed by atoms with van der Waals surface area (Å²) in [6.07, 6.45) is 1.53. The Morgan fingerprint density at radius 1 is 1.27 bits per heavy atom. The number of amides is 2. The zero-order valence-electron chi connectivity index (χ0n) is 18.9. The van der Waals surface area contributed by atoms with Gasteiger partial charge in [-0.15, -0.1) is 0 Å². The smallest absolute Gasteiger partial charge is 0.410 e. The largest absolute Gasteiger partial charge is 0.444 e. The minimum Gasteiger partial charge on any atom is -0.444 e. The topological polar surface area (TPSA) is 144 Å². The van der Waals surface area contributed by atoms with E-state index in [0.29, 0.717) is 37.2 Å². The number of nitrogen functional groups attached to an aromatic ring is 1. The van der Waals surface area contributed by atoms with E-state index in [4.69, 9.17) is 22.1 Å². The van der Waals surface area contributed by atoms with Crippen molar-refractivity contribution >= 4 is 40.9 Å². The van der Waals surface area contributed by atoms with Crippen molar-refractivity contribution in [1.29, 1.82) is 0 Å². The van der Waals surface area contributed by atoms with Crippen LogP contribution in [-0.4, -0.2) is 50.1 Å². The van der Waals surface area contributed by atoms with Crippen molar-refractivity contribution in [3.8, 4) is 0 Å². The van der Waals surface area contributed by atoms with Crippen LogP contribution in [0.3, 0.4) is 0 Å². The van der Waals surface area contributed by atoms with Crippen molar-refractivity contribution in [2.24, 2.45) is 0 Å². The Morgan fingerprint density at radius 3 is 2.58 bits per heavy atom. The molecule has 176 valence electrons. The van der Waals surface area contributed by atoms with Gasteiger partial charge in [0.15, 0.2) is 5.82 Å².